The minimum Gasteiger partial charge on any atom is -0.491 e. The van der Waals surface area contributed by atoms with Crippen LogP contribution >= 0.6 is 0 Å². The van der Waals surface area contributed by atoms with Crippen LogP contribution in [0.5, 0.6) is 5.75 Å². The third-order valence-electron chi connectivity index (χ3n) is 4.92. The van der Waals surface area contributed by atoms with E-state index < -0.39 is 0 Å². The van der Waals surface area contributed by atoms with E-state index in [1.807, 2.05) is 13.0 Å². The first-order valence-corrected chi connectivity index (χ1v) is 10.4. The van der Waals surface area contributed by atoms with Gasteiger partial charge in [-0.15, -0.1) is 0 Å². The molecule has 0 aliphatic carbocycles. The molecule has 1 aromatic carbocycles. The van der Waals surface area contributed by atoms with E-state index in [9.17, 15) is 14.4 Å². The third-order valence-corrected chi connectivity index (χ3v) is 4.92. The number of fused-ring (bicyclic) bond motifs is 1. The van der Waals surface area contributed by atoms with E-state index in [1.54, 1.807) is 30.0 Å². The second-order valence-electron chi connectivity index (χ2n) is 7.55. The number of rotatable bonds is 2. The Labute approximate surface area is 181 Å². The molecular weight excluding hydrogens is 400 g/mol. The molecule has 3 rings (SSSR count). The Morgan fingerprint density at radius 2 is 1.97 bits per heavy atom. The number of aryl methyl sites for hydroxylation is 2. The van der Waals surface area contributed by atoms with E-state index in [-0.39, 0.29) is 37.3 Å². The van der Waals surface area contributed by atoms with E-state index in [1.165, 1.54) is 0 Å². The van der Waals surface area contributed by atoms with Gasteiger partial charge in [-0.2, -0.15) is 0 Å². The predicted octanol–water partition coefficient (Wildman–Crippen LogP) is 1.38. The van der Waals surface area contributed by atoms with E-state index in [4.69, 9.17) is 9.26 Å². The lowest BCUT2D eigenvalue weighted by atomic mass is 10.1. The lowest BCUT2D eigenvalue weighted by Crippen LogP contribution is -2.40. The van der Waals surface area contributed by atoms with Crippen LogP contribution in [0.1, 0.15) is 40.2 Å². The molecule has 9 heteroatoms. The molecule has 1 aliphatic rings. The largest absolute Gasteiger partial charge is 0.491 e. The zero-order valence-electron chi connectivity index (χ0n) is 17.9. The summed E-state index contributed by atoms with van der Waals surface area (Å²) in [6.45, 7) is 5.29. The number of carbonyl (C=O) groups is 3. The molecule has 0 fully saturated rings. The Hall–Kier alpha value is -3.36. The summed E-state index contributed by atoms with van der Waals surface area (Å²) in [5.74, 6) is 0.434. The van der Waals surface area contributed by atoms with Crippen LogP contribution in [0, 0.1) is 13.8 Å². The van der Waals surface area contributed by atoms with E-state index in [0.717, 1.165) is 5.56 Å². The minimum atomic E-state index is -0.268. The van der Waals surface area contributed by atoms with Crippen molar-refractivity contribution < 1.29 is 23.6 Å². The van der Waals surface area contributed by atoms with Crippen molar-refractivity contribution in [3.8, 4) is 5.75 Å². The van der Waals surface area contributed by atoms with Crippen molar-refractivity contribution in [3.05, 3.63) is 46.8 Å². The summed E-state index contributed by atoms with van der Waals surface area (Å²) in [5, 5.41) is 9.47. The highest BCUT2D eigenvalue weighted by Crippen LogP contribution is 2.20. The monoisotopic (exact) mass is 428 g/mol. The first-order chi connectivity index (χ1) is 14.9. The predicted molar refractivity (Wildman–Crippen MR) is 113 cm³/mol. The molecule has 9 nitrogen and oxygen atoms in total. The molecule has 0 bridgehead atoms. The summed E-state index contributed by atoms with van der Waals surface area (Å²) in [6.07, 6.45) is 0.894. The van der Waals surface area contributed by atoms with Gasteiger partial charge in [-0.25, -0.2) is 0 Å². The van der Waals surface area contributed by atoms with Crippen LogP contribution in [0.4, 0.5) is 0 Å². The van der Waals surface area contributed by atoms with Crippen molar-refractivity contribution in [1.82, 2.24) is 20.7 Å². The first kappa shape index (κ1) is 22.3. The lowest BCUT2D eigenvalue weighted by molar-refractivity contribution is -0.131. The molecule has 2 N–H and O–H groups in total. The molecule has 0 saturated carbocycles. The first-order valence-electron chi connectivity index (χ1n) is 10.4. The van der Waals surface area contributed by atoms with Crippen LogP contribution in [0.25, 0.3) is 0 Å². The molecule has 166 valence electrons. The summed E-state index contributed by atoms with van der Waals surface area (Å²) >= 11 is 0. The Bertz CT molecular complexity index is 940. The smallest absolute Gasteiger partial charge is 0.255 e. The van der Waals surface area contributed by atoms with Gasteiger partial charge in [0.15, 0.2) is 0 Å². The van der Waals surface area contributed by atoms with Crippen molar-refractivity contribution >= 4 is 17.7 Å². The van der Waals surface area contributed by atoms with Crippen LogP contribution < -0.4 is 15.4 Å². The van der Waals surface area contributed by atoms with Gasteiger partial charge in [0.05, 0.1) is 24.2 Å². The Morgan fingerprint density at radius 1 is 1.13 bits per heavy atom. The topological polar surface area (TPSA) is 114 Å². The van der Waals surface area contributed by atoms with E-state index in [0.29, 0.717) is 55.2 Å². The number of benzene rings is 1. The zero-order valence-corrected chi connectivity index (χ0v) is 17.9. The number of hydrogen-bond acceptors (Lipinski definition) is 6. The molecule has 0 atom stereocenters. The molecule has 0 saturated heterocycles. The van der Waals surface area contributed by atoms with Gasteiger partial charge in [-0.05, 0) is 32.4 Å². The fraction of sp³-hybridized carbons (Fsp3) is 0.455. The molecule has 2 heterocycles. The molecule has 31 heavy (non-hydrogen) atoms. The normalized spacial score (nSPS) is 16.3. The van der Waals surface area contributed by atoms with Gasteiger partial charge in [0, 0.05) is 32.1 Å². The third kappa shape index (κ3) is 6.56. The number of nitrogens with zero attached hydrogens (tertiary/aromatic N) is 2. The Morgan fingerprint density at radius 3 is 2.74 bits per heavy atom. The standard InChI is InChI=1S/C22H28N4O5/c1-15-5-6-19-18(12-15)22(29)24-7-10-26(9-3-4-20(27)23-8-11-30-19)21(28)14-17-13-16(2)25-31-17/h5-6,12-13H,3-4,7-11,14H2,1-2H3,(H,23,27)(H,24,29). The molecular formula is C22H28N4O5. The van der Waals surface area contributed by atoms with Crippen molar-refractivity contribution in [3.63, 3.8) is 0 Å². The maximum Gasteiger partial charge on any atom is 0.255 e. The average molecular weight is 428 g/mol. The number of hydrogen-bond donors (Lipinski definition) is 2. The fourth-order valence-corrected chi connectivity index (χ4v) is 3.34. The summed E-state index contributed by atoms with van der Waals surface area (Å²) in [7, 11) is 0. The summed E-state index contributed by atoms with van der Waals surface area (Å²) < 4.78 is 10.9. The SMILES string of the molecule is Cc1ccc2c(c1)C(=O)NCCN(C(=O)Cc1cc(C)no1)CCCC(=O)NCCO2. The van der Waals surface area contributed by atoms with Gasteiger partial charge in [-0.3, -0.25) is 14.4 Å². The molecule has 3 amide bonds. The van der Waals surface area contributed by atoms with Gasteiger partial charge in [-0.1, -0.05) is 16.8 Å². The number of ether oxygens (including phenoxy) is 1. The van der Waals surface area contributed by atoms with Crippen LogP contribution in [0.15, 0.2) is 28.8 Å². The fourth-order valence-electron chi connectivity index (χ4n) is 3.34. The highest BCUT2D eigenvalue weighted by atomic mass is 16.5. The van der Waals surface area contributed by atoms with Crippen LogP contribution in [0.3, 0.4) is 0 Å². The molecule has 0 spiro atoms. The molecule has 1 aromatic heterocycles. The molecule has 0 unspecified atom stereocenters. The summed E-state index contributed by atoms with van der Waals surface area (Å²) in [5.41, 5.74) is 2.07. The number of aromatic nitrogens is 1. The van der Waals surface area contributed by atoms with Crippen molar-refractivity contribution in [1.29, 1.82) is 0 Å². The van der Waals surface area contributed by atoms with Crippen LogP contribution in [-0.2, 0) is 16.0 Å². The van der Waals surface area contributed by atoms with Crippen molar-refractivity contribution in [2.24, 2.45) is 0 Å². The second kappa shape index (κ2) is 10.6. The summed E-state index contributed by atoms with van der Waals surface area (Å²) in [6, 6.07) is 7.10. The summed E-state index contributed by atoms with van der Waals surface area (Å²) in [4.78, 5) is 39.2. The highest BCUT2D eigenvalue weighted by molar-refractivity contribution is 5.97. The lowest BCUT2D eigenvalue weighted by Gasteiger charge is -2.22. The van der Waals surface area contributed by atoms with E-state index >= 15 is 0 Å². The van der Waals surface area contributed by atoms with Crippen LogP contribution in [0.2, 0.25) is 0 Å². The van der Waals surface area contributed by atoms with Gasteiger partial charge in [0.1, 0.15) is 18.1 Å². The molecule has 1 aliphatic heterocycles. The zero-order chi connectivity index (χ0) is 22.2. The Balaban J connectivity index is 1.71. The number of nitrogens with one attached hydrogen (secondary N) is 2. The van der Waals surface area contributed by atoms with Crippen molar-refractivity contribution in [2.75, 3.05) is 32.8 Å². The number of amides is 3. The Kier molecular flexibility index (Phi) is 7.64. The second-order valence-corrected chi connectivity index (χ2v) is 7.55. The van der Waals surface area contributed by atoms with Crippen molar-refractivity contribution in [2.45, 2.75) is 33.1 Å². The van der Waals surface area contributed by atoms with Crippen LogP contribution in [-0.4, -0.2) is 60.6 Å². The van der Waals surface area contributed by atoms with Gasteiger partial charge in [0.2, 0.25) is 11.8 Å². The number of carbonyl (C=O) groups excluding carboxylic acids is 3. The quantitative estimate of drug-likeness (QED) is 0.747. The molecule has 2 aromatic rings. The van der Waals surface area contributed by atoms with Gasteiger partial charge in [0.25, 0.3) is 5.91 Å². The molecule has 0 radical (unpaired) electrons. The highest BCUT2D eigenvalue weighted by Gasteiger charge is 2.19. The average Bonchev–Trinajstić information content (AvgIpc) is 3.14. The van der Waals surface area contributed by atoms with Gasteiger partial charge >= 0.3 is 0 Å². The van der Waals surface area contributed by atoms with E-state index in [2.05, 4.69) is 15.8 Å². The maximum absolute atomic E-state index is 12.8. The maximum atomic E-state index is 12.8. The van der Waals surface area contributed by atoms with Gasteiger partial charge < -0.3 is 24.8 Å². The minimum absolute atomic E-state index is 0.0802.